The number of nitrogens with one attached hydrogen (secondary N) is 1. The van der Waals surface area contributed by atoms with Gasteiger partial charge in [-0.25, -0.2) is 4.98 Å². The van der Waals surface area contributed by atoms with E-state index < -0.39 is 0 Å². The zero-order valence-corrected chi connectivity index (χ0v) is 14.5. The molecule has 1 aromatic carbocycles. The quantitative estimate of drug-likeness (QED) is 0.607. The highest BCUT2D eigenvalue weighted by molar-refractivity contribution is 7.15. The molecule has 0 aliphatic carbocycles. The van der Waals surface area contributed by atoms with Crippen molar-refractivity contribution in [1.82, 2.24) is 14.4 Å². The van der Waals surface area contributed by atoms with Crippen molar-refractivity contribution in [2.75, 3.05) is 5.32 Å². The van der Waals surface area contributed by atoms with Crippen LogP contribution in [0.1, 0.15) is 11.3 Å². The Morgan fingerprint density at radius 2 is 2.08 bits per heavy atom. The van der Waals surface area contributed by atoms with Gasteiger partial charge in [0, 0.05) is 29.0 Å². The van der Waals surface area contributed by atoms with E-state index in [1.54, 1.807) is 29.8 Å². The standard InChI is InChI=1S/C19H16N4OS/c1-13-4-6-14(7-5-13)17-11-23-16(12-25-19(23)22-17)9-18(24)21-15-3-2-8-20-10-15/h2-8,10-12H,9H2,1H3,(H,21,24). The second-order valence-corrected chi connectivity index (χ2v) is 6.67. The topological polar surface area (TPSA) is 59.3 Å². The highest BCUT2D eigenvalue weighted by atomic mass is 32.1. The van der Waals surface area contributed by atoms with E-state index in [4.69, 9.17) is 0 Å². The second-order valence-electron chi connectivity index (χ2n) is 5.84. The molecule has 0 radical (unpaired) electrons. The molecule has 4 rings (SSSR count). The summed E-state index contributed by atoms with van der Waals surface area (Å²) in [7, 11) is 0. The van der Waals surface area contributed by atoms with E-state index >= 15 is 0 Å². The van der Waals surface area contributed by atoms with Crippen molar-refractivity contribution in [2.24, 2.45) is 0 Å². The highest BCUT2D eigenvalue weighted by Gasteiger charge is 2.12. The van der Waals surface area contributed by atoms with Gasteiger partial charge in [-0.3, -0.25) is 14.2 Å². The fourth-order valence-corrected chi connectivity index (χ4v) is 3.50. The number of nitrogens with zero attached hydrogens (tertiary/aromatic N) is 3. The van der Waals surface area contributed by atoms with Crippen LogP contribution in [-0.4, -0.2) is 20.3 Å². The first-order chi connectivity index (χ1) is 12.2. The highest BCUT2D eigenvalue weighted by Crippen LogP contribution is 2.24. The number of aryl methyl sites for hydroxylation is 1. The van der Waals surface area contributed by atoms with Crippen LogP contribution in [0.25, 0.3) is 16.2 Å². The van der Waals surface area contributed by atoms with Gasteiger partial charge in [0.25, 0.3) is 0 Å². The van der Waals surface area contributed by atoms with Crippen molar-refractivity contribution in [3.05, 3.63) is 71.6 Å². The first-order valence-electron chi connectivity index (χ1n) is 7.91. The lowest BCUT2D eigenvalue weighted by Gasteiger charge is -2.03. The van der Waals surface area contributed by atoms with Gasteiger partial charge in [-0.05, 0) is 19.1 Å². The zero-order chi connectivity index (χ0) is 17.2. The molecule has 0 aliphatic heterocycles. The van der Waals surface area contributed by atoms with Crippen LogP contribution < -0.4 is 5.32 Å². The molecule has 1 N–H and O–H groups in total. The summed E-state index contributed by atoms with van der Waals surface area (Å²) in [5.41, 5.74) is 4.84. The molecule has 0 fully saturated rings. The van der Waals surface area contributed by atoms with E-state index in [2.05, 4.69) is 46.5 Å². The summed E-state index contributed by atoms with van der Waals surface area (Å²) in [6.07, 6.45) is 5.59. The van der Waals surface area contributed by atoms with Crippen LogP contribution in [0.5, 0.6) is 0 Å². The van der Waals surface area contributed by atoms with Gasteiger partial charge in [0.1, 0.15) is 0 Å². The Morgan fingerprint density at radius 3 is 2.84 bits per heavy atom. The SMILES string of the molecule is Cc1ccc(-c2cn3c(CC(=O)Nc4cccnc4)csc3n2)cc1. The Morgan fingerprint density at radius 1 is 1.24 bits per heavy atom. The Hall–Kier alpha value is -2.99. The van der Waals surface area contributed by atoms with Gasteiger partial charge < -0.3 is 5.32 Å². The molecule has 3 aromatic heterocycles. The van der Waals surface area contributed by atoms with E-state index in [0.717, 1.165) is 21.9 Å². The summed E-state index contributed by atoms with van der Waals surface area (Å²) in [6, 6.07) is 11.9. The molecule has 25 heavy (non-hydrogen) atoms. The van der Waals surface area contributed by atoms with E-state index in [9.17, 15) is 4.79 Å². The third-order valence-corrected chi connectivity index (χ3v) is 4.81. The van der Waals surface area contributed by atoms with Gasteiger partial charge >= 0.3 is 0 Å². The molecule has 0 unspecified atom stereocenters. The van der Waals surface area contributed by atoms with Gasteiger partial charge in [-0.1, -0.05) is 29.8 Å². The maximum atomic E-state index is 12.3. The summed E-state index contributed by atoms with van der Waals surface area (Å²) in [6.45, 7) is 2.06. The Labute approximate surface area is 149 Å². The molecule has 6 heteroatoms. The molecular weight excluding hydrogens is 332 g/mol. The molecule has 0 aliphatic rings. The molecule has 3 heterocycles. The number of hydrogen-bond donors (Lipinski definition) is 1. The predicted octanol–water partition coefficient (Wildman–Crippen LogP) is 3.95. The number of imidazole rings is 1. The van der Waals surface area contributed by atoms with Crippen molar-refractivity contribution in [3.63, 3.8) is 0 Å². The molecule has 1 amide bonds. The lowest BCUT2D eigenvalue weighted by atomic mass is 10.1. The fourth-order valence-electron chi connectivity index (χ4n) is 2.63. The van der Waals surface area contributed by atoms with Crippen LogP contribution in [0.15, 0.2) is 60.4 Å². The molecular formula is C19H16N4OS. The third kappa shape index (κ3) is 3.29. The van der Waals surface area contributed by atoms with Crippen LogP contribution >= 0.6 is 11.3 Å². The third-order valence-electron chi connectivity index (χ3n) is 3.92. The minimum absolute atomic E-state index is 0.0710. The fraction of sp³-hybridized carbons (Fsp3) is 0.105. The Bertz CT molecular complexity index is 1020. The number of pyridine rings is 1. The van der Waals surface area contributed by atoms with Crippen molar-refractivity contribution < 1.29 is 4.79 Å². The van der Waals surface area contributed by atoms with Crippen molar-refractivity contribution in [2.45, 2.75) is 13.3 Å². The number of fused-ring (bicyclic) bond motifs is 1. The number of amides is 1. The number of aromatic nitrogens is 3. The van der Waals surface area contributed by atoms with E-state index in [1.807, 2.05) is 22.0 Å². The van der Waals surface area contributed by atoms with Crippen LogP contribution in [-0.2, 0) is 11.2 Å². The molecule has 5 nitrogen and oxygen atoms in total. The monoisotopic (exact) mass is 348 g/mol. The van der Waals surface area contributed by atoms with Gasteiger partial charge in [0.05, 0.1) is 24.0 Å². The normalized spacial score (nSPS) is 10.9. The summed E-state index contributed by atoms with van der Waals surface area (Å²) >= 11 is 1.54. The van der Waals surface area contributed by atoms with Crippen LogP contribution in [0, 0.1) is 6.92 Å². The smallest absolute Gasteiger partial charge is 0.230 e. The van der Waals surface area contributed by atoms with Crippen molar-refractivity contribution in [1.29, 1.82) is 0 Å². The van der Waals surface area contributed by atoms with E-state index in [0.29, 0.717) is 12.1 Å². The number of benzene rings is 1. The minimum atomic E-state index is -0.0710. The van der Waals surface area contributed by atoms with Gasteiger partial charge in [0.15, 0.2) is 4.96 Å². The van der Waals surface area contributed by atoms with Gasteiger partial charge in [0.2, 0.25) is 5.91 Å². The summed E-state index contributed by atoms with van der Waals surface area (Å²) < 4.78 is 1.99. The average Bonchev–Trinajstić information content (AvgIpc) is 3.18. The molecule has 0 saturated carbocycles. The largest absolute Gasteiger partial charge is 0.324 e. The maximum absolute atomic E-state index is 12.3. The molecule has 124 valence electrons. The van der Waals surface area contributed by atoms with Crippen LogP contribution in [0.3, 0.4) is 0 Å². The van der Waals surface area contributed by atoms with Crippen molar-refractivity contribution >= 4 is 27.9 Å². The number of rotatable bonds is 4. The molecule has 0 spiro atoms. The number of anilines is 1. The Balaban J connectivity index is 1.56. The zero-order valence-electron chi connectivity index (χ0n) is 13.6. The van der Waals surface area contributed by atoms with Crippen LogP contribution in [0.2, 0.25) is 0 Å². The predicted molar refractivity (Wildman–Crippen MR) is 99.8 cm³/mol. The number of carbonyl (C=O) groups excluding carboxylic acids is 1. The summed E-state index contributed by atoms with van der Waals surface area (Å²) in [5.74, 6) is -0.0710. The van der Waals surface area contributed by atoms with E-state index in [1.165, 1.54) is 5.56 Å². The molecule has 0 saturated heterocycles. The molecule has 0 atom stereocenters. The van der Waals surface area contributed by atoms with Gasteiger partial charge in [-0.15, -0.1) is 11.3 Å². The Kier molecular flexibility index (Phi) is 4.03. The number of hydrogen-bond acceptors (Lipinski definition) is 4. The van der Waals surface area contributed by atoms with E-state index in [-0.39, 0.29) is 5.91 Å². The second kappa shape index (κ2) is 6.49. The molecule has 4 aromatic rings. The van der Waals surface area contributed by atoms with Crippen LogP contribution in [0.4, 0.5) is 5.69 Å². The van der Waals surface area contributed by atoms with Gasteiger partial charge in [-0.2, -0.15) is 0 Å². The molecule has 0 bridgehead atoms. The lowest BCUT2D eigenvalue weighted by Crippen LogP contribution is -2.15. The lowest BCUT2D eigenvalue weighted by molar-refractivity contribution is -0.115. The maximum Gasteiger partial charge on any atom is 0.230 e. The minimum Gasteiger partial charge on any atom is -0.324 e. The first kappa shape index (κ1) is 15.5. The van der Waals surface area contributed by atoms with Crippen molar-refractivity contribution in [3.8, 4) is 11.3 Å². The first-order valence-corrected chi connectivity index (χ1v) is 8.79. The average molecular weight is 348 g/mol. The number of carbonyl (C=O) groups is 1. The summed E-state index contributed by atoms with van der Waals surface area (Å²) in [4.78, 5) is 21.8. The summed E-state index contributed by atoms with van der Waals surface area (Å²) in [5, 5.41) is 4.84. The number of thiazole rings is 1.